The summed E-state index contributed by atoms with van der Waals surface area (Å²) in [6.45, 7) is 4.88. The van der Waals surface area contributed by atoms with Gasteiger partial charge in [-0.2, -0.15) is 4.74 Å². The molecule has 3 heterocycles. The third kappa shape index (κ3) is 5.97. The van der Waals surface area contributed by atoms with Crippen molar-refractivity contribution in [3.05, 3.63) is 52.5 Å². The largest absolute Gasteiger partial charge is 0.461 e. The standard InChI is InChI=1S/C24H27FN6O6S/c1-3-36-23(35)18-11-27-24(28-18)38-13-20(33)30-8-6-29(7-9-30)19-5-4-15(10-17(19)25)16-12-31(37-22(16)34)21(26)14(2)32/h4-5,10-12,21H,3,6-9,13,26H2,1-2H3,(H,27,28). The summed E-state index contributed by atoms with van der Waals surface area (Å²) in [4.78, 5) is 58.5. The van der Waals surface area contributed by atoms with Gasteiger partial charge >= 0.3 is 11.6 Å². The van der Waals surface area contributed by atoms with Gasteiger partial charge in [-0.25, -0.2) is 19.0 Å². The number of rotatable bonds is 9. The van der Waals surface area contributed by atoms with Crippen molar-refractivity contribution in [2.75, 3.05) is 43.4 Å². The number of carbonyl (C=O) groups excluding carboxylic acids is 3. The monoisotopic (exact) mass is 546 g/mol. The van der Waals surface area contributed by atoms with Crippen LogP contribution in [0.15, 0.2) is 45.1 Å². The van der Waals surface area contributed by atoms with E-state index >= 15 is 4.39 Å². The molecule has 1 unspecified atom stereocenters. The number of nitrogens with zero attached hydrogens (tertiary/aromatic N) is 4. The number of anilines is 1. The Bertz CT molecular complexity index is 1390. The number of H-pyrrole nitrogens is 1. The third-order valence-corrected chi connectivity index (χ3v) is 6.83. The van der Waals surface area contributed by atoms with Gasteiger partial charge in [-0.15, -0.1) is 0 Å². The highest BCUT2D eigenvalue weighted by atomic mass is 32.2. The SMILES string of the molecule is CCOC(=O)c1c[nH]c(SCC(=O)N2CCN(c3ccc(-c4cn(C(N)C(C)=O)oc4=O)cc3F)CC2)n1. The average Bonchev–Trinajstić information content (AvgIpc) is 3.54. The molecule has 1 aromatic carbocycles. The molecule has 4 rings (SSSR count). The number of amides is 1. The molecule has 2 aromatic heterocycles. The van der Waals surface area contributed by atoms with Gasteiger partial charge in [-0.1, -0.05) is 17.8 Å². The Morgan fingerprint density at radius 3 is 2.66 bits per heavy atom. The molecule has 14 heteroatoms. The molecule has 0 bridgehead atoms. The maximum absolute atomic E-state index is 15.0. The second kappa shape index (κ2) is 11.6. The number of nitrogens with two attached hydrogens (primary N) is 1. The van der Waals surface area contributed by atoms with Gasteiger partial charge in [0.2, 0.25) is 5.91 Å². The van der Waals surface area contributed by atoms with E-state index < -0.39 is 29.4 Å². The summed E-state index contributed by atoms with van der Waals surface area (Å²) in [5, 5.41) is 0.440. The van der Waals surface area contributed by atoms with Crippen molar-refractivity contribution in [1.82, 2.24) is 19.6 Å². The molecule has 3 aromatic rings. The summed E-state index contributed by atoms with van der Waals surface area (Å²) in [6.07, 6.45) is 1.58. The Kier molecular flexibility index (Phi) is 8.32. The van der Waals surface area contributed by atoms with Gasteiger partial charge < -0.3 is 29.8 Å². The lowest BCUT2D eigenvalue weighted by molar-refractivity contribution is -0.128. The highest BCUT2D eigenvalue weighted by Crippen LogP contribution is 2.27. The number of imidazole rings is 1. The Morgan fingerprint density at radius 1 is 1.26 bits per heavy atom. The topological polar surface area (TPSA) is 157 Å². The summed E-state index contributed by atoms with van der Waals surface area (Å²) in [5.74, 6) is -1.42. The molecule has 1 amide bonds. The van der Waals surface area contributed by atoms with E-state index in [0.29, 0.717) is 42.6 Å². The van der Waals surface area contributed by atoms with Gasteiger partial charge in [-0.3, -0.25) is 9.59 Å². The van der Waals surface area contributed by atoms with Gasteiger partial charge in [0.25, 0.3) is 0 Å². The Labute approximate surface area is 220 Å². The van der Waals surface area contributed by atoms with Crippen LogP contribution in [-0.4, -0.2) is 75.8 Å². The minimum absolute atomic E-state index is 0.0889. The van der Waals surface area contributed by atoms with Crippen LogP contribution in [0.2, 0.25) is 0 Å². The Hall–Kier alpha value is -3.91. The van der Waals surface area contributed by atoms with Crippen LogP contribution in [0.25, 0.3) is 11.1 Å². The normalized spacial score (nSPS) is 14.4. The van der Waals surface area contributed by atoms with E-state index in [4.69, 9.17) is 15.0 Å². The number of esters is 1. The third-order valence-electron chi connectivity index (χ3n) is 5.96. The number of hydrogen-bond acceptors (Lipinski definition) is 10. The van der Waals surface area contributed by atoms with E-state index in [1.807, 2.05) is 4.90 Å². The van der Waals surface area contributed by atoms with Crippen molar-refractivity contribution >= 4 is 35.1 Å². The van der Waals surface area contributed by atoms with Crippen LogP contribution in [0.1, 0.15) is 30.5 Å². The summed E-state index contributed by atoms with van der Waals surface area (Å²) < 4.78 is 25.9. The molecule has 1 aliphatic heterocycles. The summed E-state index contributed by atoms with van der Waals surface area (Å²) in [5.41, 5.74) is 5.86. The van der Waals surface area contributed by atoms with Crippen LogP contribution in [0, 0.1) is 5.82 Å². The zero-order chi connectivity index (χ0) is 27.4. The van der Waals surface area contributed by atoms with Crippen LogP contribution in [-0.2, 0) is 14.3 Å². The van der Waals surface area contributed by atoms with Crippen molar-refractivity contribution in [2.45, 2.75) is 25.2 Å². The number of piperazine rings is 1. The number of Topliss-reactive ketones (excluding diaryl/α,β-unsaturated/α-hetero) is 1. The van der Waals surface area contributed by atoms with Gasteiger partial charge in [0, 0.05) is 32.4 Å². The fourth-order valence-electron chi connectivity index (χ4n) is 3.90. The second-order valence-electron chi connectivity index (χ2n) is 8.47. The van der Waals surface area contributed by atoms with E-state index in [1.54, 1.807) is 24.0 Å². The first-order valence-corrected chi connectivity index (χ1v) is 12.8. The number of ether oxygens (including phenoxy) is 1. The van der Waals surface area contributed by atoms with Crippen LogP contribution in [0.4, 0.5) is 10.1 Å². The lowest BCUT2D eigenvalue weighted by Gasteiger charge is -2.36. The number of aromatic nitrogens is 3. The molecule has 0 radical (unpaired) electrons. The lowest BCUT2D eigenvalue weighted by atomic mass is 10.1. The molecule has 1 saturated heterocycles. The number of aromatic amines is 1. The highest BCUT2D eigenvalue weighted by Gasteiger charge is 2.24. The fraction of sp³-hybridized carbons (Fsp3) is 0.375. The van der Waals surface area contributed by atoms with Crippen molar-refractivity contribution in [1.29, 1.82) is 0 Å². The minimum Gasteiger partial charge on any atom is -0.461 e. The lowest BCUT2D eigenvalue weighted by Crippen LogP contribution is -2.49. The van der Waals surface area contributed by atoms with Crippen LogP contribution < -0.4 is 16.3 Å². The summed E-state index contributed by atoms with van der Waals surface area (Å²) in [7, 11) is 0. The predicted octanol–water partition coefficient (Wildman–Crippen LogP) is 1.63. The number of ketones is 1. The van der Waals surface area contributed by atoms with E-state index in [9.17, 15) is 19.2 Å². The van der Waals surface area contributed by atoms with Crippen molar-refractivity contribution in [3.63, 3.8) is 0 Å². The van der Waals surface area contributed by atoms with E-state index in [-0.39, 0.29) is 29.5 Å². The number of nitrogens with one attached hydrogen (secondary N) is 1. The first kappa shape index (κ1) is 27.1. The number of carbonyl (C=O) groups is 3. The molecule has 0 spiro atoms. The minimum atomic E-state index is -1.14. The molecule has 38 heavy (non-hydrogen) atoms. The van der Waals surface area contributed by atoms with E-state index in [2.05, 4.69) is 9.97 Å². The predicted molar refractivity (Wildman–Crippen MR) is 136 cm³/mol. The van der Waals surface area contributed by atoms with E-state index in [1.165, 1.54) is 37.1 Å². The first-order chi connectivity index (χ1) is 18.2. The summed E-state index contributed by atoms with van der Waals surface area (Å²) >= 11 is 1.18. The molecule has 1 atom stereocenters. The van der Waals surface area contributed by atoms with Gasteiger partial charge in [0.15, 0.2) is 22.8 Å². The van der Waals surface area contributed by atoms with Crippen LogP contribution in [0.5, 0.6) is 0 Å². The van der Waals surface area contributed by atoms with Crippen LogP contribution in [0.3, 0.4) is 0 Å². The molecule has 0 saturated carbocycles. The van der Waals surface area contributed by atoms with Gasteiger partial charge in [0.1, 0.15) is 5.82 Å². The second-order valence-corrected chi connectivity index (χ2v) is 9.43. The molecule has 3 N–H and O–H groups in total. The zero-order valence-corrected chi connectivity index (χ0v) is 21.6. The van der Waals surface area contributed by atoms with Crippen molar-refractivity contribution in [3.8, 4) is 11.1 Å². The van der Waals surface area contributed by atoms with Crippen LogP contribution >= 0.6 is 11.8 Å². The van der Waals surface area contributed by atoms with E-state index in [0.717, 1.165) is 4.74 Å². The smallest absolute Gasteiger partial charge is 0.365 e. The first-order valence-electron chi connectivity index (χ1n) is 11.8. The molecule has 1 aliphatic rings. The molecule has 202 valence electrons. The maximum Gasteiger partial charge on any atom is 0.365 e. The molecular formula is C24H27FN6O6S. The molecular weight excluding hydrogens is 519 g/mol. The summed E-state index contributed by atoms with van der Waals surface area (Å²) in [6, 6.07) is 4.39. The van der Waals surface area contributed by atoms with Crippen molar-refractivity contribution < 1.29 is 28.0 Å². The quantitative estimate of drug-likeness (QED) is 0.299. The number of hydrogen-bond donors (Lipinski definition) is 2. The maximum atomic E-state index is 15.0. The van der Waals surface area contributed by atoms with Gasteiger partial charge in [-0.05, 0) is 31.5 Å². The Morgan fingerprint density at radius 2 is 2.00 bits per heavy atom. The van der Waals surface area contributed by atoms with Crippen molar-refractivity contribution in [2.24, 2.45) is 5.73 Å². The number of benzene rings is 1. The Balaban J connectivity index is 1.33. The molecule has 12 nitrogen and oxygen atoms in total. The highest BCUT2D eigenvalue weighted by molar-refractivity contribution is 7.99. The van der Waals surface area contributed by atoms with Gasteiger partial charge in [0.05, 0.1) is 29.8 Å². The average molecular weight is 547 g/mol. The molecule has 0 aliphatic carbocycles. The number of halogens is 1. The number of thioether (sulfide) groups is 1. The fourth-order valence-corrected chi connectivity index (χ4v) is 4.64. The molecule has 1 fully saturated rings. The zero-order valence-electron chi connectivity index (χ0n) is 20.8.